The van der Waals surface area contributed by atoms with E-state index in [-0.39, 0.29) is 6.35 Å². The van der Waals surface area contributed by atoms with Crippen LogP contribution in [0.4, 0.5) is 0 Å². The minimum absolute atomic E-state index is 0.234. The smallest absolute Gasteiger partial charge is 0.160 e. The third kappa shape index (κ3) is 2.63. The molecular weight excluding hydrogens is 347 g/mol. The van der Waals surface area contributed by atoms with Gasteiger partial charge >= 0.3 is 0 Å². The lowest BCUT2D eigenvalue weighted by atomic mass is 9.97. The summed E-state index contributed by atoms with van der Waals surface area (Å²) >= 11 is 0. The lowest BCUT2D eigenvalue weighted by Gasteiger charge is -2.28. The van der Waals surface area contributed by atoms with Crippen LogP contribution in [0.15, 0.2) is 24.3 Å². The van der Waals surface area contributed by atoms with Crippen molar-refractivity contribution in [3.8, 4) is 28.4 Å². The average molecular weight is 374 g/mol. The monoisotopic (exact) mass is 374 g/mol. The fourth-order valence-corrected chi connectivity index (χ4v) is 6.27. The molecule has 0 aliphatic carbocycles. The normalized spacial score (nSPS) is 19.0. The Labute approximate surface area is 155 Å². The van der Waals surface area contributed by atoms with E-state index in [0.29, 0.717) is 5.75 Å². The van der Waals surface area contributed by atoms with Gasteiger partial charge in [0.1, 0.15) is 23.6 Å². The molecule has 1 aliphatic heterocycles. The maximum Gasteiger partial charge on any atom is 0.160 e. The Morgan fingerprint density at radius 1 is 1.04 bits per heavy atom. The molecule has 4 nitrogen and oxygen atoms in total. The van der Waals surface area contributed by atoms with E-state index in [0.717, 1.165) is 39.1 Å². The molecule has 0 N–H and O–H groups in total. The van der Waals surface area contributed by atoms with Crippen LogP contribution < -0.4 is 19.5 Å². The Balaban J connectivity index is 2.43. The lowest BCUT2D eigenvalue weighted by molar-refractivity contribution is 0.389. The van der Waals surface area contributed by atoms with Crippen molar-refractivity contribution >= 4 is 12.4 Å². The van der Waals surface area contributed by atoms with Crippen molar-refractivity contribution in [1.82, 2.24) is 0 Å². The van der Waals surface area contributed by atoms with E-state index in [9.17, 15) is 4.57 Å². The number of hydrogen-bond acceptors (Lipinski definition) is 4. The van der Waals surface area contributed by atoms with Gasteiger partial charge in [-0.3, -0.25) is 0 Å². The highest BCUT2D eigenvalue weighted by Crippen LogP contribution is 2.63. The first-order valence-corrected chi connectivity index (χ1v) is 10.6. The maximum atomic E-state index is 14.0. The van der Waals surface area contributed by atoms with Gasteiger partial charge in [-0.1, -0.05) is 32.9 Å². The molecule has 0 radical (unpaired) electrons. The van der Waals surface area contributed by atoms with Crippen LogP contribution in [0, 0.1) is 13.8 Å². The Morgan fingerprint density at radius 2 is 1.62 bits per heavy atom. The first kappa shape index (κ1) is 18.8. The quantitative estimate of drug-likeness (QED) is 0.699. The van der Waals surface area contributed by atoms with E-state index in [1.165, 1.54) is 0 Å². The SMILES string of the molecule is COc1c(C)cc(C)c(OC)c1-c1cccc2c1P(=O)(C(C)(C)C)CO2. The Morgan fingerprint density at radius 3 is 2.12 bits per heavy atom. The van der Waals surface area contributed by atoms with Crippen LogP contribution in [-0.2, 0) is 4.57 Å². The van der Waals surface area contributed by atoms with Crippen molar-refractivity contribution in [3.63, 3.8) is 0 Å². The zero-order chi connectivity index (χ0) is 19.3. The van der Waals surface area contributed by atoms with Gasteiger partial charge in [0, 0.05) is 10.7 Å². The van der Waals surface area contributed by atoms with Crippen molar-refractivity contribution in [3.05, 3.63) is 35.4 Å². The third-order valence-electron chi connectivity index (χ3n) is 5.13. The van der Waals surface area contributed by atoms with Gasteiger partial charge in [-0.2, -0.15) is 0 Å². The van der Waals surface area contributed by atoms with Crippen molar-refractivity contribution in [2.24, 2.45) is 0 Å². The van der Waals surface area contributed by atoms with Gasteiger partial charge in [0.05, 0.1) is 25.1 Å². The number of ether oxygens (including phenoxy) is 3. The summed E-state index contributed by atoms with van der Waals surface area (Å²) in [5, 5.41) is 0.405. The Kier molecular flexibility index (Phi) is 4.60. The molecular formula is C21H27O4P. The summed E-state index contributed by atoms with van der Waals surface area (Å²) in [6.45, 7) is 10.1. The molecule has 26 heavy (non-hydrogen) atoms. The second kappa shape index (κ2) is 6.35. The molecule has 140 valence electrons. The predicted molar refractivity (Wildman–Crippen MR) is 107 cm³/mol. The fourth-order valence-electron chi connectivity index (χ4n) is 3.69. The van der Waals surface area contributed by atoms with Crippen LogP contribution in [0.3, 0.4) is 0 Å². The molecule has 5 heteroatoms. The molecule has 0 saturated carbocycles. The molecule has 1 heterocycles. The summed E-state index contributed by atoms with van der Waals surface area (Å²) in [5.41, 5.74) is 3.75. The zero-order valence-corrected chi connectivity index (χ0v) is 17.5. The lowest BCUT2D eigenvalue weighted by Crippen LogP contribution is -2.23. The van der Waals surface area contributed by atoms with Crippen molar-refractivity contribution < 1.29 is 18.8 Å². The third-order valence-corrected chi connectivity index (χ3v) is 8.97. The first-order chi connectivity index (χ1) is 12.2. The predicted octanol–water partition coefficient (Wildman–Crippen LogP) is 5.12. The molecule has 0 bridgehead atoms. The van der Waals surface area contributed by atoms with Crippen LogP contribution in [0.1, 0.15) is 31.9 Å². The van der Waals surface area contributed by atoms with Crippen molar-refractivity contribution in [2.45, 2.75) is 39.8 Å². The average Bonchev–Trinajstić information content (AvgIpc) is 2.93. The molecule has 0 spiro atoms. The molecule has 0 saturated heterocycles. The van der Waals surface area contributed by atoms with E-state index >= 15 is 0 Å². The highest BCUT2D eigenvalue weighted by atomic mass is 31.2. The van der Waals surface area contributed by atoms with E-state index in [1.807, 2.05) is 58.9 Å². The molecule has 0 fully saturated rings. The molecule has 1 unspecified atom stereocenters. The van der Waals surface area contributed by atoms with Crippen LogP contribution in [0.2, 0.25) is 0 Å². The van der Waals surface area contributed by atoms with E-state index in [1.54, 1.807) is 14.2 Å². The molecule has 1 atom stereocenters. The number of hydrogen-bond donors (Lipinski definition) is 0. The van der Waals surface area contributed by atoms with Crippen LogP contribution in [-0.4, -0.2) is 25.7 Å². The van der Waals surface area contributed by atoms with E-state index in [4.69, 9.17) is 14.2 Å². The van der Waals surface area contributed by atoms with E-state index < -0.39 is 12.3 Å². The number of rotatable bonds is 3. The summed E-state index contributed by atoms with van der Waals surface area (Å²) in [5.74, 6) is 2.19. The molecule has 3 rings (SSSR count). The summed E-state index contributed by atoms with van der Waals surface area (Å²) in [4.78, 5) is 0. The van der Waals surface area contributed by atoms with Gasteiger partial charge in [-0.15, -0.1) is 0 Å². The summed E-state index contributed by atoms with van der Waals surface area (Å²) in [6.07, 6.45) is 0.234. The topological polar surface area (TPSA) is 44.8 Å². The van der Waals surface area contributed by atoms with Gasteiger partial charge in [-0.05, 0) is 37.1 Å². The molecule has 1 aliphatic rings. The minimum atomic E-state index is -2.77. The van der Waals surface area contributed by atoms with Gasteiger partial charge < -0.3 is 18.8 Å². The van der Waals surface area contributed by atoms with Gasteiger partial charge in [0.2, 0.25) is 0 Å². The molecule has 2 aromatic carbocycles. The number of benzene rings is 2. The second-order valence-corrected chi connectivity index (χ2v) is 11.3. The van der Waals surface area contributed by atoms with Crippen LogP contribution >= 0.6 is 7.14 Å². The van der Waals surface area contributed by atoms with Crippen molar-refractivity contribution in [2.75, 3.05) is 20.6 Å². The zero-order valence-electron chi connectivity index (χ0n) is 16.6. The highest BCUT2D eigenvalue weighted by molar-refractivity contribution is 7.73. The van der Waals surface area contributed by atoms with Crippen LogP contribution in [0.5, 0.6) is 17.2 Å². The number of aryl methyl sites for hydroxylation is 2. The van der Waals surface area contributed by atoms with Gasteiger partial charge in [-0.25, -0.2) is 0 Å². The van der Waals surface area contributed by atoms with Crippen LogP contribution in [0.25, 0.3) is 11.1 Å². The van der Waals surface area contributed by atoms with Gasteiger partial charge in [0.15, 0.2) is 7.14 Å². The fraction of sp³-hybridized carbons (Fsp3) is 0.429. The standard InChI is InChI=1S/C21H27O4P/c1-13-11-14(2)19(24-7)17(18(13)23-6)15-9-8-10-16-20(15)26(22,12-25-16)21(3,4)5/h8-11H,12H2,1-7H3. The van der Waals surface area contributed by atoms with E-state index in [2.05, 4.69) is 0 Å². The molecule has 2 aromatic rings. The Hall–Kier alpha value is -1.93. The highest BCUT2D eigenvalue weighted by Gasteiger charge is 2.47. The first-order valence-electron chi connectivity index (χ1n) is 8.73. The molecule has 0 aromatic heterocycles. The summed E-state index contributed by atoms with van der Waals surface area (Å²) < 4.78 is 31.3. The number of fused-ring (bicyclic) bond motifs is 1. The largest absolute Gasteiger partial charge is 0.496 e. The van der Waals surface area contributed by atoms with Gasteiger partial charge in [0.25, 0.3) is 0 Å². The summed E-state index contributed by atoms with van der Waals surface area (Å²) in [7, 11) is 0.542. The molecule has 0 amide bonds. The summed E-state index contributed by atoms with van der Waals surface area (Å²) in [6, 6.07) is 7.87. The minimum Gasteiger partial charge on any atom is -0.496 e. The maximum absolute atomic E-state index is 14.0. The number of methoxy groups -OCH3 is 2. The van der Waals surface area contributed by atoms with Crippen molar-refractivity contribution in [1.29, 1.82) is 0 Å². The Bertz CT molecular complexity index is 881. The second-order valence-electron chi connectivity index (χ2n) is 7.79.